The number of nitrogens with zero attached hydrogens (tertiary/aromatic N) is 1. The molecule has 2 aromatic rings. The number of carbonyl (C=O) groups is 1. The lowest BCUT2D eigenvalue weighted by atomic mass is 10.2. The van der Waals surface area contributed by atoms with Crippen molar-refractivity contribution in [1.82, 2.24) is 5.43 Å². The number of aromatic hydroxyl groups is 1. The quantitative estimate of drug-likeness (QED) is 0.563. The summed E-state index contributed by atoms with van der Waals surface area (Å²) in [5.74, 6) is 0.365. The number of anilines is 1. The molecule has 2 aromatic carbocycles. The van der Waals surface area contributed by atoms with Gasteiger partial charge in [0.15, 0.2) is 0 Å². The number of nitrogens with one attached hydrogen (secondary N) is 2. The minimum atomic E-state index is -0.455. The van der Waals surface area contributed by atoms with Crippen LogP contribution in [0.3, 0.4) is 0 Å². The summed E-state index contributed by atoms with van der Waals surface area (Å²) in [5.41, 5.74) is 4.91. The molecule has 0 aliphatic rings. The average molecular weight is 327 g/mol. The molecule has 0 aliphatic heterocycles. The number of hydrogen-bond acceptors (Lipinski definition) is 5. The minimum absolute atomic E-state index is 0.0552. The van der Waals surface area contributed by atoms with Crippen LogP contribution in [0.25, 0.3) is 0 Å². The number of carbonyl (C=O) groups excluding carboxylic acids is 1. The van der Waals surface area contributed by atoms with E-state index in [4.69, 9.17) is 4.74 Å². The first kappa shape index (κ1) is 17.3. The molecule has 126 valence electrons. The zero-order valence-corrected chi connectivity index (χ0v) is 13.9. The summed E-state index contributed by atoms with van der Waals surface area (Å²) >= 11 is 0. The number of hydrogen-bond donors (Lipinski definition) is 3. The van der Waals surface area contributed by atoms with Crippen LogP contribution in [0.4, 0.5) is 5.69 Å². The minimum Gasteiger partial charge on any atom is -0.507 e. The van der Waals surface area contributed by atoms with Crippen LogP contribution < -0.4 is 15.5 Å². The molecule has 3 N–H and O–H groups in total. The third kappa shape index (κ3) is 4.74. The van der Waals surface area contributed by atoms with Crippen molar-refractivity contribution in [3.8, 4) is 11.5 Å². The predicted octanol–water partition coefficient (Wildman–Crippen LogP) is 2.66. The largest absolute Gasteiger partial charge is 0.507 e. The Balaban J connectivity index is 1.93. The summed E-state index contributed by atoms with van der Waals surface area (Å²) in [6.45, 7) is 3.75. The number of phenolic OH excluding ortho intramolecular Hbond substituents is 1. The highest BCUT2D eigenvalue weighted by Gasteiger charge is 2.11. The van der Waals surface area contributed by atoms with Crippen LogP contribution in [0, 0.1) is 6.92 Å². The molecule has 24 heavy (non-hydrogen) atoms. The fourth-order valence-electron chi connectivity index (χ4n) is 1.99. The maximum absolute atomic E-state index is 12.0. The average Bonchev–Trinajstić information content (AvgIpc) is 2.58. The lowest BCUT2D eigenvalue weighted by Crippen LogP contribution is -2.34. The Morgan fingerprint density at radius 1 is 1.25 bits per heavy atom. The van der Waals surface area contributed by atoms with E-state index in [1.807, 2.05) is 31.2 Å². The molecule has 0 heterocycles. The summed E-state index contributed by atoms with van der Waals surface area (Å²) in [7, 11) is 1.54. The molecule has 0 saturated heterocycles. The summed E-state index contributed by atoms with van der Waals surface area (Å²) in [4.78, 5) is 12.0. The molecule has 1 amide bonds. The summed E-state index contributed by atoms with van der Waals surface area (Å²) in [6, 6.07) is 12.1. The summed E-state index contributed by atoms with van der Waals surface area (Å²) < 4.78 is 5.08. The zero-order valence-electron chi connectivity index (χ0n) is 13.9. The van der Waals surface area contributed by atoms with Crippen LogP contribution in [0.15, 0.2) is 47.6 Å². The van der Waals surface area contributed by atoms with Crippen molar-refractivity contribution in [1.29, 1.82) is 0 Å². The number of benzene rings is 2. The number of rotatable bonds is 6. The van der Waals surface area contributed by atoms with Gasteiger partial charge in [0.2, 0.25) is 0 Å². The Morgan fingerprint density at radius 3 is 2.62 bits per heavy atom. The number of methoxy groups -OCH3 is 1. The second-order valence-corrected chi connectivity index (χ2v) is 5.39. The number of phenols is 1. The molecule has 0 spiro atoms. The third-order valence-corrected chi connectivity index (χ3v) is 3.44. The molecule has 0 radical (unpaired) electrons. The van der Waals surface area contributed by atoms with Crippen molar-refractivity contribution >= 4 is 17.8 Å². The normalized spacial score (nSPS) is 12.0. The lowest BCUT2D eigenvalue weighted by Gasteiger charge is -2.13. The van der Waals surface area contributed by atoms with Gasteiger partial charge < -0.3 is 15.2 Å². The highest BCUT2D eigenvalue weighted by molar-refractivity contribution is 5.88. The molecule has 6 nitrogen and oxygen atoms in total. The van der Waals surface area contributed by atoms with Gasteiger partial charge in [-0.05, 0) is 44.2 Å². The third-order valence-electron chi connectivity index (χ3n) is 3.44. The molecule has 6 heteroatoms. The standard InChI is InChI=1S/C18H21N3O3/c1-12-4-6-15(7-5-12)20-13(2)18(23)21-19-11-14-10-16(24-3)8-9-17(14)22/h4-11,13,20,22H,1-3H3,(H,21,23)/t13-/m1/s1. The van der Waals surface area contributed by atoms with Gasteiger partial charge in [0.1, 0.15) is 17.5 Å². The van der Waals surface area contributed by atoms with Gasteiger partial charge in [-0.1, -0.05) is 17.7 Å². The molecule has 0 fully saturated rings. The van der Waals surface area contributed by atoms with Crippen molar-refractivity contribution < 1.29 is 14.6 Å². The second-order valence-electron chi connectivity index (χ2n) is 5.39. The molecule has 0 aliphatic carbocycles. The van der Waals surface area contributed by atoms with Crippen molar-refractivity contribution in [3.63, 3.8) is 0 Å². The van der Waals surface area contributed by atoms with E-state index in [2.05, 4.69) is 15.8 Å². The monoisotopic (exact) mass is 327 g/mol. The zero-order chi connectivity index (χ0) is 17.5. The molecular formula is C18H21N3O3. The highest BCUT2D eigenvalue weighted by atomic mass is 16.5. The van der Waals surface area contributed by atoms with Crippen molar-refractivity contribution in [2.24, 2.45) is 5.10 Å². The Kier molecular flexibility index (Phi) is 5.78. The van der Waals surface area contributed by atoms with Gasteiger partial charge >= 0.3 is 0 Å². The molecule has 0 aromatic heterocycles. The van der Waals surface area contributed by atoms with Gasteiger partial charge in [0, 0.05) is 11.3 Å². The first-order valence-corrected chi connectivity index (χ1v) is 7.52. The SMILES string of the molecule is COc1ccc(O)c(C=NNC(=O)[C@@H](C)Nc2ccc(C)cc2)c1. The van der Waals surface area contributed by atoms with E-state index in [1.54, 1.807) is 19.1 Å². The Bertz CT molecular complexity index is 727. The highest BCUT2D eigenvalue weighted by Crippen LogP contribution is 2.20. The Morgan fingerprint density at radius 2 is 1.96 bits per heavy atom. The molecule has 1 atom stereocenters. The van der Waals surface area contributed by atoms with E-state index < -0.39 is 6.04 Å². The maximum Gasteiger partial charge on any atom is 0.262 e. The summed E-state index contributed by atoms with van der Waals surface area (Å²) in [6.07, 6.45) is 1.37. The molecular weight excluding hydrogens is 306 g/mol. The molecule has 0 saturated carbocycles. The molecule has 2 rings (SSSR count). The smallest absolute Gasteiger partial charge is 0.262 e. The number of amides is 1. The van der Waals surface area contributed by atoms with Crippen molar-refractivity contribution in [3.05, 3.63) is 53.6 Å². The number of ether oxygens (including phenoxy) is 1. The van der Waals surface area contributed by atoms with Crippen molar-refractivity contribution in [2.45, 2.75) is 19.9 Å². The van der Waals surface area contributed by atoms with E-state index in [-0.39, 0.29) is 11.7 Å². The van der Waals surface area contributed by atoms with Crippen LogP contribution in [-0.2, 0) is 4.79 Å². The predicted molar refractivity (Wildman–Crippen MR) is 94.7 cm³/mol. The van der Waals surface area contributed by atoms with Gasteiger partial charge in [0.05, 0.1) is 13.3 Å². The van der Waals surface area contributed by atoms with Gasteiger partial charge in [0.25, 0.3) is 5.91 Å². The first-order valence-electron chi connectivity index (χ1n) is 7.52. The maximum atomic E-state index is 12.0. The van der Waals surface area contributed by atoms with E-state index in [0.717, 1.165) is 11.3 Å². The second kappa shape index (κ2) is 8.01. The van der Waals surface area contributed by atoms with Crippen LogP contribution in [0.2, 0.25) is 0 Å². The Hall–Kier alpha value is -3.02. The van der Waals surface area contributed by atoms with Crippen molar-refractivity contribution in [2.75, 3.05) is 12.4 Å². The fraction of sp³-hybridized carbons (Fsp3) is 0.222. The van der Waals surface area contributed by atoms with Gasteiger partial charge in [-0.15, -0.1) is 0 Å². The van der Waals surface area contributed by atoms with Crippen LogP contribution in [-0.4, -0.2) is 30.4 Å². The number of aryl methyl sites for hydroxylation is 1. The van der Waals surface area contributed by atoms with Crippen LogP contribution in [0.1, 0.15) is 18.1 Å². The van der Waals surface area contributed by atoms with Gasteiger partial charge in [-0.2, -0.15) is 5.10 Å². The van der Waals surface area contributed by atoms with Gasteiger partial charge in [-0.3, -0.25) is 4.79 Å². The van der Waals surface area contributed by atoms with Crippen LogP contribution >= 0.6 is 0 Å². The fourth-order valence-corrected chi connectivity index (χ4v) is 1.99. The topological polar surface area (TPSA) is 83.0 Å². The van der Waals surface area contributed by atoms with E-state index in [1.165, 1.54) is 19.4 Å². The molecule has 0 unspecified atom stereocenters. The first-order chi connectivity index (χ1) is 11.5. The van der Waals surface area contributed by atoms with E-state index >= 15 is 0 Å². The number of hydrazone groups is 1. The van der Waals surface area contributed by atoms with Gasteiger partial charge in [-0.25, -0.2) is 5.43 Å². The molecule has 0 bridgehead atoms. The van der Waals surface area contributed by atoms with Crippen LogP contribution in [0.5, 0.6) is 11.5 Å². The lowest BCUT2D eigenvalue weighted by molar-refractivity contribution is -0.121. The summed E-state index contributed by atoms with van der Waals surface area (Å²) in [5, 5.41) is 16.7. The van der Waals surface area contributed by atoms with E-state index in [9.17, 15) is 9.90 Å². The van der Waals surface area contributed by atoms with E-state index in [0.29, 0.717) is 11.3 Å². The Labute approximate surface area is 141 Å².